The van der Waals surface area contributed by atoms with Gasteiger partial charge in [0.05, 0.1) is 23.7 Å². The Morgan fingerprint density at radius 1 is 1.19 bits per heavy atom. The molecule has 0 radical (unpaired) electrons. The van der Waals surface area contributed by atoms with E-state index in [1.54, 1.807) is 6.92 Å². The molecule has 0 fully saturated rings. The lowest BCUT2D eigenvalue weighted by Gasteiger charge is -2.14. The maximum absolute atomic E-state index is 14.5. The maximum Gasteiger partial charge on any atom is 0.338 e. The summed E-state index contributed by atoms with van der Waals surface area (Å²) >= 11 is 11.0. The molecule has 1 aromatic carbocycles. The van der Waals surface area contributed by atoms with Gasteiger partial charge in [-0.25, -0.2) is 18.5 Å². The summed E-state index contributed by atoms with van der Waals surface area (Å²) in [7, 11) is 2.68. The Kier molecular flexibility index (Phi) is 8.11. The SMILES string of the molecule is CCOC(=O)CCNC(=O)COc1cc(-n2c(=O)n(C)c(=S)n(C)c2=O)c(F)cc1Cl. The molecule has 2 aromatic rings. The molecule has 0 aliphatic rings. The highest BCUT2D eigenvalue weighted by Gasteiger charge is 2.18. The lowest BCUT2D eigenvalue weighted by molar-refractivity contribution is -0.143. The normalized spacial score (nSPS) is 10.6. The predicted molar refractivity (Wildman–Crippen MR) is 112 cm³/mol. The first kappa shape index (κ1) is 24.3. The highest BCUT2D eigenvalue weighted by Crippen LogP contribution is 2.28. The molecular weight excluding hydrogens is 455 g/mol. The average Bonchev–Trinajstić information content (AvgIpc) is 2.71. The molecule has 168 valence electrons. The minimum Gasteiger partial charge on any atom is -0.482 e. The van der Waals surface area contributed by atoms with Gasteiger partial charge in [0.25, 0.3) is 5.91 Å². The van der Waals surface area contributed by atoms with Crippen molar-refractivity contribution in [3.63, 3.8) is 0 Å². The Hall–Kier alpha value is -2.99. The van der Waals surface area contributed by atoms with Crippen molar-refractivity contribution in [2.45, 2.75) is 13.3 Å². The number of benzene rings is 1. The molecule has 0 bridgehead atoms. The highest BCUT2D eigenvalue weighted by atomic mass is 35.5. The number of amides is 1. The number of carbonyl (C=O) groups excluding carboxylic acids is 2. The van der Waals surface area contributed by atoms with Crippen LogP contribution < -0.4 is 21.4 Å². The Labute approximate surface area is 185 Å². The van der Waals surface area contributed by atoms with Crippen molar-refractivity contribution in [3.8, 4) is 11.4 Å². The first-order chi connectivity index (χ1) is 14.6. The van der Waals surface area contributed by atoms with Gasteiger partial charge in [-0.1, -0.05) is 11.6 Å². The summed E-state index contributed by atoms with van der Waals surface area (Å²) in [4.78, 5) is 48.2. The molecule has 0 aliphatic carbocycles. The van der Waals surface area contributed by atoms with Gasteiger partial charge in [0.15, 0.2) is 11.4 Å². The summed E-state index contributed by atoms with van der Waals surface area (Å²) in [5.74, 6) is -2.10. The third kappa shape index (κ3) is 5.58. The van der Waals surface area contributed by atoms with Gasteiger partial charge >= 0.3 is 17.3 Å². The van der Waals surface area contributed by atoms with Crippen molar-refractivity contribution < 1.29 is 23.5 Å². The molecule has 0 saturated carbocycles. The summed E-state index contributed by atoms with van der Waals surface area (Å²) in [5.41, 5.74) is -2.15. The van der Waals surface area contributed by atoms with Crippen LogP contribution in [0.4, 0.5) is 4.39 Å². The Balaban J connectivity index is 2.25. The van der Waals surface area contributed by atoms with E-state index in [0.717, 1.165) is 21.3 Å². The molecule has 2 rings (SSSR count). The zero-order valence-corrected chi connectivity index (χ0v) is 18.5. The largest absolute Gasteiger partial charge is 0.482 e. The lowest BCUT2D eigenvalue weighted by Crippen LogP contribution is -2.43. The molecule has 1 amide bonds. The van der Waals surface area contributed by atoms with Gasteiger partial charge in [-0.15, -0.1) is 0 Å². The lowest BCUT2D eigenvalue weighted by atomic mass is 10.2. The molecular formula is C18H20ClFN4O6S. The fourth-order valence-corrected chi connectivity index (χ4v) is 2.87. The molecule has 0 saturated heterocycles. The van der Waals surface area contributed by atoms with Crippen LogP contribution in [0.25, 0.3) is 5.69 Å². The molecule has 31 heavy (non-hydrogen) atoms. The third-order valence-electron chi connectivity index (χ3n) is 4.09. The zero-order chi connectivity index (χ0) is 23.3. The van der Waals surface area contributed by atoms with Crippen LogP contribution in [0.2, 0.25) is 5.02 Å². The van der Waals surface area contributed by atoms with E-state index >= 15 is 0 Å². The summed E-state index contributed by atoms with van der Waals surface area (Å²) < 4.78 is 27.1. The molecule has 13 heteroatoms. The van der Waals surface area contributed by atoms with E-state index in [1.165, 1.54) is 14.1 Å². The molecule has 0 spiro atoms. The summed E-state index contributed by atoms with van der Waals surface area (Å²) in [5, 5.41) is 2.28. The quantitative estimate of drug-likeness (QED) is 0.445. The third-order valence-corrected chi connectivity index (χ3v) is 4.93. The first-order valence-corrected chi connectivity index (χ1v) is 9.80. The minimum absolute atomic E-state index is 0.0108. The van der Waals surface area contributed by atoms with Crippen LogP contribution in [0.15, 0.2) is 21.7 Å². The second-order valence-corrected chi connectivity index (χ2v) is 7.00. The highest BCUT2D eigenvalue weighted by molar-refractivity contribution is 7.71. The van der Waals surface area contributed by atoms with Crippen molar-refractivity contribution >= 4 is 35.7 Å². The van der Waals surface area contributed by atoms with Crippen molar-refractivity contribution in [1.82, 2.24) is 19.0 Å². The molecule has 1 heterocycles. The average molecular weight is 475 g/mol. The van der Waals surface area contributed by atoms with Crippen LogP contribution >= 0.6 is 23.8 Å². The van der Waals surface area contributed by atoms with Crippen molar-refractivity contribution in [2.75, 3.05) is 19.8 Å². The number of nitrogens with zero attached hydrogens (tertiary/aromatic N) is 3. The van der Waals surface area contributed by atoms with Crippen LogP contribution in [0.1, 0.15) is 13.3 Å². The molecule has 0 atom stereocenters. The second kappa shape index (κ2) is 10.4. The van der Waals surface area contributed by atoms with Crippen LogP contribution in [-0.4, -0.2) is 45.3 Å². The van der Waals surface area contributed by atoms with Crippen molar-refractivity contribution in [3.05, 3.63) is 48.7 Å². The van der Waals surface area contributed by atoms with E-state index in [9.17, 15) is 23.6 Å². The van der Waals surface area contributed by atoms with Gasteiger partial charge in [0.2, 0.25) is 0 Å². The predicted octanol–water partition coefficient (Wildman–Crippen LogP) is 0.845. The minimum atomic E-state index is -0.951. The van der Waals surface area contributed by atoms with Gasteiger partial charge in [-0.05, 0) is 25.2 Å². The standard InChI is InChI=1S/C18H20ClFN4O6S/c1-4-29-15(26)5-6-21-14(25)9-30-13-8-12(11(20)7-10(13)19)24-16(27)22(2)18(31)23(3)17(24)28/h7-8H,4-6,9H2,1-3H3,(H,21,25). The van der Waals surface area contributed by atoms with E-state index in [2.05, 4.69) is 5.32 Å². The Bertz CT molecular complexity index is 1150. The second-order valence-electron chi connectivity index (χ2n) is 6.23. The maximum atomic E-state index is 14.5. The smallest absolute Gasteiger partial charge is 0.338 e. The first-order valence-electron chi connectivity index (χ1n) is 9.02. The number of rotatable bonds is 8. The van der Waals surface area contributed by atoms with Crippen LogP contribution in [-0.2, 0) is 28.4 Å². The van der Waals surface area contributed by atoms with Gasteiger partial charge in [0, 0.05) is 26.7 Å². The summed E-state index contributed by atoms with van der Waals surface area (Å²) in [6, 6.07) is 1.90. The van der Waals surface area contributed by atoms with E-state index in [0.29, 0.717) is 4.57 Å². The number of halogens is 2. The molecule has 1 aromatic heterocycles. The number of carbonyl (C=O) groups is 2. The number of aromatic nitrogens is 3. The Morgan fingerprint density at radius 3 is 2.39 bits per heavy atom. The van der Waals surface area contributed by atoms with Crippen molar-refractivity contribution in [2.24, 2.45) is 14.1 Å². The fraction of sp³-hybridized carbons (Fsp3) is 0.389. The van der Waals surface area contributed by atoms with Crippen LogP contribution in [0, 0.1) is 10.6 Å². The molecule has 0 unspecified atom stereocenters. The molecule has 0 aliphatic heterocycles. The van der Waals surface area contributed by atoms with E-state index in [1.807, 2.05) is 0 Å². The monoisotopic (exact) mass is 474 g/mol. The number of hydrogen-bond donors (Lipinski definition) is 1. The van der Waals surface area contributed by atoms with E-state index in [-0.39, 0.29) is 35.1 Å². The van der Waals surface area contributed by atoms with E-state index in [4.69, 9.17) is 33.3 Å². The number of ether oxygens (including phenoxy) is 2. The zero-order valence-electron chi connectivity index (χ0n) is 16.9. The Morgan fingerprint density at radius 2 is 1.81 bits per heavy atom. The number of hydrogen-bond acceptors (Lipinski definition) is 7. The van der Waals surface area contributed by atoms with Gasteiger partial charge < -0.3 is 14.8 Å². The van der Waals surface area contributed by atoms with Crippen molar-refractivity contribution in [1.29, 1.82) is 0 Å². The molecule has 1 N–H and O–H groups in total. The number of esters is 1. The topological polar surface area (TPSA) is 114 Å². The van der Waals surface area contributed by atoms with E-state index < -0.39 is 41.4 Å². The number of nitrogens with one attached hydrogen (secondary N) is 1. The van der Waals surface area contributed by atoms with Crippen LogP contribution in [0.3, 0.4) is 0 Å². The summed E-state index contributed by atoms with van der Waals surface area (Å²) in [6.07, 6.45) is -0.0108. The summed E-state index contributed by atoms with van der Waals surface area (Å²) in [6.45, 7) is 1.44. The fourth-order valence-electron chi connectivity index (χ4n) is 2.51. The molecule has 10 nitrogen and oxygen atoms in total. The van der Waals surface area contributed by atoms with Gasteiger partial charge in [-0.3, -0.25) is 18.7 Å². The van der Waals surface area contributed by atoms with Gasteiger partial charge in [0.1, 0.15) is 11.6 Å². The van der Waals surface area contributed by atoms with Crippen LogP contribution in [0.5, 0.6) is 5.75 Å². The van der Waals surface area contributed by atoms with Gasteiger partial charge in [-0.2, -0.15) is 0 Å².